The van der Waals surface area contributed by atoms with Crippen LogP contribution in [-0.2, 0) is 0 Å². The third kappa shape index (κ3) is 3.80. The summed E-state index contributed by atoms with van der Waals surface area (Å²) >= 11 is 0. The lowest BCUT2D eigenvalue weighted by atomic mass is 9.90. The van der Waals surface area contributed by atoms with E-state index in [1.54, 1.807) is 0 Å². The number of likely N-dealkylation sites (tertiary alicyclic amines) is 1. The molecule has 1 aromatic carbocycles. The van der Waals surface area contributed by atoms with Crippen molar-refractivity contribution < 1.29 is 0 Å². The minimum absolute atomic E-state index is 0.485. The zero-order valence-corrected chi connectivity index (χ0v) is 12.5. The quantitative estimate of drug-likeness (QED) is 0.900. The second kappa shape index (κ2) is 7.06. The molecule has 1 saturated heterocycles. The highest BCUT2D eigenvalue weighted by atomic mass is 15.1. The number of hydrogen-bond acceptors (Lipinski definition) is 2. The summed E-state index contributed by atoms with van der Waals surface area (Å²) in [7, 11) is 0. The molecule has 0 aromatic heterocycles. The van der Waals surface area contributed by atoms with E-state index in [2.05, 4.69) is 36.9 Å². The van der Waals surface area contributed by atoms with Gasteiger partial charge in [-0.2, -0.15) is 0 Å². The Bertz CT molecular complexity index is 372. The highest BCUT2D eigenvalue weighted by molar-refractivity contribution is 5.37. The van der Waals surface area contributed by atoms with Gasteiger partial charge in [-0.05, 0) is 56.5 Å². The number of benzene rings is 1. The van der Waals surface area contributed by atoms with Gasteiger partial charge >= 0.3 is 0 Å². The number of aryl methyl sites for hydroxylation is 2. The second-order valence-electron chi connectivity index (χ2n) is 5.95. The maximum Gasteiger partial charge on any atom is 0.00940 e. The van der Waals surface area contributed by atoms with Crippen LogP contribution in [0.2, 0.25) is 0 Å². The lowest BCUT2D eigenvalue weighted by Crippen LogP contribution is -2.33. The van der Waals surface area contributed by atoms with E-state index in [1.165, 1.54) is 55.5 Å². The molecule has 1 aromatic rings. The lowest BCUT2D eigenvalue weighted by Gasteiger charge is -2.27. The van der Waals surface area contributed by atoms with Crippen molar-refractivity contribution in [1.29, 1.82) is 0 Å². The van der Waals surface area contributed by atoms with Crippen LogP contribution in [0.5, 0.6) is 0 Å². The van der Waals surface area contributed by atoms with Crippen molar-refractivity contribution in [2.75, 3.05) is 26.2 Å². The van der Waals surface area contributed by atoms with Crippen molar-refractivity contribution in [3.63, 3.8) is 0 Å². The van der Waals surface area contributed by atoms with Crippen molar-refractivity contribution in [2.45, 2.75) is 45.4 Å². The molecule has 0 radical (unpaired) electrons. The summed E-state index contributed by atoms with van der Waals surface area (Å²) in [5.41, 5.74) is 10.3. The predicted octanol–water partition coefficient (Wildman–Crippen LogP) is 3.22. The van der Waals surface area contributed by atoms with Crippen LogP contribution in [0, 0.1) is 13.8 Å². The highest BCUT2D eigenvalue weighted by Gasteiger charge is 2.19. The lowest BCUT2D eigenvalue weighted by molar-refractivity contribution is 0.267. The summed E-state index contributed by atoms with van der Waals surface area (Å²) in [6.07, 6.45) is 5.49. The molecule has 2 heteroatoms. The predicted molar refractivity (Wildman–Crippen MR) is 82.6 cm³/mol. The molecule has 1 unspecified atom stereocenters. The Morgan fingerprint density at radius 2 is 1.63 bits per heavy atom. The van der Waals surface area contributed by atoms with Crippen molar-refractivity contribution in [3.05, 3.63) is 34.9 Å². The Labute approximate surface area is 118 Å². The molecule has 19 heavy (non-hydrogen) atoms. The van der Waals surface area contributed by atoms with Crippen molar-refractivity contribution >= 4 is 0 Å². The van der Waals surface area contributed by atoms with Crippen LogP contribution in [0.25, 0.3) is 0 Å². The fourth-order valence-corrected chi connectivity index (χ4v) is 3.39. The van der Waals surface area contributed by atoms with Crippen LogP contribution >= 0.6 is 0 Å². The third-order valence-electron chi connectivity index (χ3n) is 4.41. The van der Waals surface area contributed by atoms with Gasteiger partial charge in [0.25, 0.3) is 0 Å². The van der Waals surface area contributed by atoms with Gasteiger partial charge in [-0.3, -0.25) is 0 Å². The van der Waals surface area contributed by atoms with E-state index in [1.807, 2.05) is 0 Å². The van der Waals surface area contributed by atoms with Crippen molar-refractivity contribution in [2.24, 2.45) is 5.73 Å². The smallest absolute Gasteiger partial charge is 0.00940 e. The topological polar surface area (TPSA) is 29.3 Å². The number of hydrogen-bond donors (Lipinski definition) is 1. The van der Waals surface area contributed by atoms with Gasteiger partial charge in [-0.25, -0.2) is 0 Å². The van der Waals surface area contributed by atoms with Crippen molar-refractivity contribution in [1.82, 2.24) is 4.90 Å². The van der Waals surface area contributed by atoms with E-state index in [4.69, 9.17) is 5.73 Å². The normalized spacial score (nSPS) is 19.1. The molecular formula is C17H28N2. The average molecular weight is 260 g/mol. The summed E-state index contributed by atoms with van der Waals surface area (Å²) in [4.78, 5) is 2.62. The molecule has 0 bridgehead atoms. The first-order chi connectivity index (χ1) is 9.22. The maximum absolute atomic E-state index is 6.07. The van der Waals surface area contributed by atoms with Gasteiger partial charge in [0.2, 0.25) is 0 Å². The van der Waals surface area contributed by atoms with Gasteiger partial charge in [0.15, 0.2) is 0 Å². The average Bonchev–Trinajstić information content (AvgIpc) is 2.65. The SMILES string of the molecule is Cc1cccc(C)c1C(CN)CN1CCCCCC1. The molecule has 1 aliphatic heterocycles. The Morgan fingerprint density at radius 3 is 2.16 bits per heavy atom. The Kier molecular flexibility index (Phi) is 5.41. The van der Waals surface area contributed by atoms with E-state index >= 15 is 0 Å². The van der Waals surface area contributed by atoms with Crippen LogP contribution in [0.3, 0.4) is 0 Å². The largest absolute Gasteiger partial charge is 0.330 e. The van der Waals surface area contributed by atoms with Crippen LogP contribution in [0.15, 0.2) is 18.2 Å². The van der Waals surface area contributed by atoms with Gasteiger partial charge in [0, 0.05) is 19.0 Å². The molecule has 2 nitrogen and oxygen atoms in total. The summed E-state index contributed by atoms with van der Waals surface area (Å²) in [5, 5.41) is 0. The fourth-order valence-electron chi connectivity index (χ4n) is 3.39. The molecule has 1 fully saturated rings. The zero-order valence-electron chi connectivity index (χ0n) is 12.5. The number of rotatable bonds is 4. The van der Waals surface area contributed by atoms with E-state index in [0.717, 1.165) is 13.1 Å². The van der Waals surface area contributed by atoms with Gasteiger partial charge < -0.3 is 10.6 Å². The van der Waals surface area contributed by atoms with Gasteiger partial charge in [-0.15, -0.1) is 0 Å². The zero-order chi connectivity index (χ0) is 13.7. The highest BCUT2D eigenvalue weighted by Crippen LogP contribution is 2.25. The molecule has 2 N–H and O–H groups in total. The first-order valence-corrected chi connectivity index (χ1v) is 7.71. The summed E-state index contributed by atoms with van der Waals surface area (Å²) in [5.74, 6) is 0.485. The molecule has 0 aliphatic carbocycles. The van der Waals surface area contributed by atoms with E-state index < -0.39 is 0 Å². The van der Waals surface area contributed by atoms with E-state index in [0.29, 0.717) is 5.92 Å². The molecule has 106 valence electrons. The molecule has 0 saturated carbocycles. The molecular weight excluding hydrogens is 232 g/mol. The molecule has 0 amide bonds. The Hall–Kier alpha value is -0.860. The van der Waals surface area contributed by atoms with Gasteiger partial charge in [0.05, 0.1) is 0 Å². The maximum atomic E-state index is 6.07. The molecule has 0 spiro atoms. The molecule has 1 atom stereocenters. The van der Waals surface area contributed by atoms with Gasteiger partial charge in [0.1, 0.15) is 0 Å². The molecule has 1 heterocycles. The fraction of sp³-hybridized carbons (Fsp3) is 0.647. The first-order valence-electron chi connectivity index (χ1n) is 7.71. The minimum Gasteiger partial charge on any atom is -0.330 e. The van der Waals surface area contributed by atoms with Crippen LogP contribution in [-0.4, -0.2) is 31.1 Å². The van der Waals surface area contributed by atoms with Crippen LogP contribution in [0.1, 0.15) is 48.3 Å². The monoisotopic (exact) mass is 260 g/mol. The number of nitrogens with zero attached hydrogens (tertiary/aromatic N) is 1. The van der Waals surface area contributed by atoms with Crippen LogP contribution < -0.4 is 5.73 Å². The minimum atomic E-state index is 0.485. The first kappa shape index (κ1) is 14.5. The molecule has 2 rings (SSSR count). The van der Waals surface area contributed by atoms with Gasteiger partial charge in [-0.1, -0.05) is 31.0 Å². The Morgan fingerprint density at radius 1 is 1.05 bits per heavy atom. The van der Waals surface area contributed by atoms with Crippen LogP contribution in [0.4, 0.5) is 0 Å². The summed E-state index contributed by atoms with van der Waals surface area (Å²) < 4.78 is 0. The van der Waals surface area contributed by atoms with E-state index in [-0.39, 0.29) is 0 Å². The number of nitrogens with two attached hydrogens (primary N) is 1. The van der Waals surface area contributed by atoms with E-state index in [9.17, 15) is 0 Å². The summed E-state index contributed by atoms with van der Waals surface area (Å²) in [6.45, 7) is 8.81. The third-order valence-corrected chi connectivity index (χ3v) is 4.41. The van der Waals surface area contributed by atoms with Crippen molar-refractivity contribution in [3.8, 4) is 0 Å². The second-order valence-corrected chi connectivity index (χ2v) is 5.95. The standard InChI is InChI=1S/C17H28N2/c1-14-8-7-9-15(2)17(14)16(12-18)13-19-10-5-3-4-6-11-19/h7-9,16H,3-6,10-13,18H2,1-2H3. The summed E-state index contributed by atoms with van der Waals surface area (Å²) in [6, 6.07) is 6.58. The molecule has 1 aliphatic rings. The Balaban J connectivity index is 2.10.